The van der Waals surface area contributed by atoms with Gasteiger partial charge >= 0.3 is 0 Å². The van der Waals surface area contributed by atoms with Gasteiger partial charge in [0, 0.05) is 30.8 Å². The highest BCUT2D eigenvalue weighted by atomic mass is 16.5. The highest BCUT2D eigenvalue weighted by Crippen LogP contribution is 2.37. The Morgan fingerprint density at radius 2 is 2.18 bits per heavy atom. The van der Waals surface area contributed by atoms with E-state index in [-0.39, 0.29) is 0 Å². The summed E-state index contributed by atoms with van der Waals surface area (Å²) >= 11 is 0. The first kappa shape index (κ1) is 10.1. The molecule has 1 aromatic heterocycles. The minimum Gasteiger partial charge on any atom is -0.497 e. The molecule has 4 nitrogen and oxygen atoms in total. The maximum Gasteiger partial charge on any atom is 0.222 e. The third kappa shape index (κ3) is 1.53. The van der Waals surface area contributed by atoms with Gasteiger partial charge in [0.15, 0.2) is 0 Å². The minimum atomic E-state index is 0.652. The maximum atomic E-state index is 5.25. The average Bonchev–Trinajstić information content (AvgIpc) is 2.75. The van der Waals surface area contributed by atoms with Crippen molar-refractivity contribution in [1.82, 2.24) is 9.97 Å². The topological polar surface area (TPSA) is 47.0 Å². The Balaban J connectivity index is 2.17. The van der Waals surface area contributed by atoms with Gasteiger partial charge in [-0.3, -0.25) is 0 Å². The summed E-state index contributed by atoms with van der Waals surface area (Å²) in [6, 6.07) is 6.11. The molecule has 2 aromatic rings. The molecular formula is C13H13N3O. The smallest absolute Gasteiger partial charge is 0.222 e. The van der Waals surface area contributed by atoms with Gasteiger partial charge in [0.1, 0.15) is 5.75 Å². The Morgan fingerprint density at radius 1 is 1.29 bits per heavy atom. The largest absolute Gasteiger partial charge is 0.497 e. The molecule has 86 valence electrons. The number of ether oxygens (including phenoxy) is 1. The number of rotatable bonds is 2. The zero-order chi connectivity index (χ0) is 11.8. The summed E-state index contributed by atoms with van der Waals surface area (Å²) in [6.07, 6.45) is 2.79. The standard InChI is InChI=1S/C13H13N3O/c1-14-13-15-7-9-5-8-3-4-10(17-2)6-11(8)12(9)16-13/h3-4,6-7H,5H2,1-2H3,(H,14,15,16). The van der Waals surface area contributed by atoms with Gasteiger partial charge in [0.05, 0.1) is 12.8 Å². The van der Waals surface area contributed by atoms with Crippen LogP contribution < -0.4 is 10.1 Å². The third-order valence-corrected chi connectivity index (χ3v) is 3.04. The lowest BCUT2D eigenvalue weighted by Crippen LogP contribution is -1.97. The van der Waals surface area contributed by atoms with E-state index in [0.717, 1.165) is 23.4 Å². The van der Waals surface area contributed by atoms with Crippen LogP contribution in [0.1, 0.15) is 11.1 Å². The van der Waals surface area contributed by atoms with E-state index in [1.54, 1.807) is 7.11 Å². The molecule has 0 amide bonds. The number of hydrogen-bond acceptors (Lipinski definition) is 4. The van der Waals surface area contributed by atoms with Crippen LogP contribution in [0, 0.1) is 0 Å². The number of nitrogens with one attached hydrogen (secondary N) is 1. The number of hydrogen-bond donors (Lipinski definition) is 1. The first-order valence-corrected chi connectivity index (χ1v) is 5.53. The molecule has 3 rings (SSSR count). The number of benzene rings is 1. The van der Waals surface area contributed by atoms with E-state index < -0.39 is 0 Å². The fraction of sp³-hybridized carbons (Fsp3) is 0.231. The van der Waals surface area contributed by atoms with E-state index in [1.165, 1.54) is 11.1 Å². The highest BCUT2D eigenvalue weighted by molar-refractivity contribution is 5.75. The van der Waals surface area contributed by atoms with Crippen LogP contribution in [-0.2, 0) is 6.42 Å². The van der Waals surface area contributed by atoms with Crippen LogP contribution in [0.25, 0.3) is 11.3 Å². The minimum absolute atomic E-state index is 0.652. The van der Waals surface area contributed by atoms with Crippen LogP contribution in [0.3, 0.4) is 0 Å². The molecule has 0 fully saturated rings. The van der Waals surface area contributed by atoms with E-state index in [1.807, 2.05) is 25.4 Å². The second-order valence-electron chi connectivity index (χ2n) is 4.02. The van der Waals surface area contributed by atoms with Crippen molar-refractivity contribution in [3.63, 3.8) is 0 Å². The quantitative estimate of drug-likeness (QED) is 0.728. The van der Waals surface area contributed by atoms with Gasteiger partial charge in [-0.05, 0) is 17.7 Å². The summed E-state index contributed by atoms with van der Waals surface area (Å²) < 4.78 is 5.25. The molecule has 0 saturated heterocycles. The molecule has 0 spiro atoms. The monoisotopic (exact) mass is 227 g/mol. The third-order valence-electron chi connectivity index (χ3n) is 3.04. The van der Waals surface area contributed by atoms with Crippen molar-refractivity contribution in [2.45, 2.75) is 6.42 Å². The van der Waals surface area contributed by atoms with Gasteiger partial charge in [-0.15, -0.1) is 0 Å². The lowest BCUT2D eigenvalue weighted by atomic mass is 10.1. The van der Waals surface area contributed by atoms with Crippen molar-refractivity contribution in [2.75, 3.05) is 19.5 Å². The molecule has 1 aliphatic carbocycles. The van der Waals surface area contributed by atoms with Crippen molar-refractivity contribution in [1.29, 1.82) is 0 Å². The molecule has 0 saturated carbocycles. The molecule has 0 bridgehead atoms. The lowest BCUT2D eigenvalue weighted by molar-refractivity contribution is 0.415. The summed E-state index contributed by atoms with van der Waals surface area (Å²) in [7, 11) is 3.50. The van der Waals surface area contributed by atoms with E-state index in [2.05, 4.69) is 21.4 Å². The lowest BCUT2D eigenvalue weighted by Gasteiger charge is -2.04. The van der Waals surface area contributed by atoms with E-state index in [4.69, 9.17) is 4.74 Å². The van der Waals surface area contributed by atoms with Gasteiger partial charge in [0.25, 0.3) is 0 Å². The SMILES string of the molecule is CNc1ncc2c(n1)-c1cc(OC)ccc1C2. The molecule has 1 N–H and O–H groups in total. The number of nitrogens with zero attached hydrogens (tertiary/aromatic N) is 2. The second kappa shape index (κ2) is 3.73. The van der Waals surface area contributed by atoms with Crippen LogP contribution in [0.2, 0.25) is 0 Å². The van der Waals surface area contributed by atoms with Crippen LogP contribution >= 0.6 is 0 Å². The molecule has 1 aromatic carbocycles. The molecule has 4 heteroatoms. The van der Waals surface area contributed by atoms with Gasteiger partial charge in [0.2, 0.25) is 5.95 Å². The van der Waals surface area contributed by atoms with Crippen molar-refractivity contribution in [2.24, 2.45) is 0 Å². The van der Waals surface area contributed by atoms with Crippen LogP contribution in [0.15, 0.2) is 24.4 Å². The molecule has 0 unspecified atom stereocenters. The Hall–Kier alpha value is -2.10. The number of methoxy groups -OCH3 is 1. The summed E-state index contributed by atoms with van der Waals surface area (Å²) in [6.45, 7) is 0. The second-order valence-corrected chi connectivity index (χ2v) is 4.02. The van der Waals surface area contributed by atoms with Gasteiger partial charge in [-0.2, -0.15) is 0 Å². The first-order valence-electron chi connectivity index (χ1n) is 5.53. The molecule has 0 aliphatic heterocycles. The molecular weight excluding hydrogens is 214 g/mol. The Bertz CT molecular complexity index is 529. The van der Waals surface area contributed by atoms with E-state index in [0.29, 0.717) is 5.95 Å². The normalized spacial score (nSPS) is 11.9. The van der Waals surface area contributed by atoms with Crippen molar-refractivity contribution in [3.05, 3.63) is 35.5 Å². The summed E-state index contributed by atoms with van der Waals surface area (Å²) in [4.78, 5) is 8.75. The Morgan fingerprint density at radius 3 is 2.94 bits per heavy atom. The number of fused-ring (bicyclic) bond motifs is 3. The summed E-state index contributed by atoms with van der Waals surface area (Å²) in [5.41, 5.74) is 4.62. The first-order chi connectivity index (χ1) is 8.31. The van der Waals surface area contributed by atoms with Gasteiger partial charge in [-0.25, -0.2) is 9.97 Å². The zero-order valence-electron chi connectivity index (χ0n) is 9.82. The predicted octanol–water partition coefficient (Wildman–Crippen LogP) is 2.10. The molecule has 1 aliphatic rings. The maximum absolute atomic E-state index is 5.25. The predicted molar refractivity (Wildman–Crippen MR) is 66.4 cm³/mol. The van der Waals surface area contributed by atoms with Crippen molar-refractivity contribution < 1.29 is 4.74 Å². The van der Waals surface area contributed by atoms with Crippen LogP contribution in [0.4, 0.5) is 5.95 Å². The van der Waals surface area contributed by atoms with Crippen molar-refractivity contribution in [3.8, 4) is 17.0 Å². The molecule has 0 radical (unpaired) electrons. The van der Waals surface area contributed by atoms with Crippen LogP contribution in [-0.4, -0.2) is 24.1 Å². The number of aromatic nitrogens is 2. The summed E-state index contributed by atoms with van der Waals surface area (Å²) in [5.74, 6) is 1.51. The fourth-order valence-corrected chi connectivity index (χ4v) is 2.15. The zero-order valence-corrected chi connectivity index (χ0v) is 9.82. The van der Waals surface area contributed by atoms with E-state index in [9.17, 15) is 0 Å². The van der Waals surface area contributed by atoms with Gasteiger partial charge in [-0.1, -0.05) is 6.07 Å². The highest BCUT2D eigenvalue weighted by Gasteiger charge is 2.21. The molecule has 17 heavy (non-hydrogen) atoms. The molecule has 0 atom stereocenters. The van der Waals surface area contributed by atoms with Gasteiger partial charge < -0.3 is 10.1 Å². The van der Waals surface area contributed by atoms with Crippen LogP contribution in [0.5, 0.6) is 5.75 Å². The average molecular weight is 227 g/mol. The molecule has 1 heterocycles. The Labute approximate surface area is 99.7 Å². The Kier molecular flexibility index (Phi) is 2.21. The summed E-state index contributed by atoms with van der Waals surface area (Å²) in [5, 5.41) is 2.96. The number of anilines is 1. The fourth-order valence-electron chi connectivity index (χ4n) is 2.15. The van der Waals surface area contributed by atoms with E-state index >= 15 is 0 Å². The van der Waals surface area contributed by atoms with Crippen molar-refractivity contribution >= 4 is 5.95 Å².